The molecule has 0 aliphatic rings. The summed E-state index contributed by atoms with van der Waals surface area (Å²) >= 11 is 0. The lowest BCUT2D eigenvalue weighted by Gasteiger charge is -2.15. The van der Waals surface area contributed by atoms with Gasteiger partial charge in [-0.05, 0) is 67.4 Å². The van der Waals surface area contributed by atoms with E-state index in [-0.39, 0.29) is 0 Å². The zero-order chi connectivity index (χ0) is 22.6. The molecule has 5 aromatic rings. The first-order valence-corrected chi connectivity index (χ1v) is 10.8. The van der Waals surface area contributed by atoms with Gasteiger partial charge in [0.1, 0.15) is 23.8 Å². The number of aromatic nitrogens is 3. The SMILES string of the molecule is Cc1cc(Oc2ccnc3ccc(OCc4ccccc4)cc23)c(-c2ccccn2)nc1C. The van der Waals surface area contributed by atoms with Crippen LogP contribution in [0.2, 0.25) is 0 Å². The number of nitrogens with zero attached hydrogens (tertiary/aromatic N) is 3. The molecule has 0 unspecified atom stereocenters. The molecule has 0 bridgehead atoms. The van der Waals surface area contributed by atoms with Gasteiger partial charge in [0.2, 0.25) is 0 Å². The maximum absolute atomic E-state index is 6.43. The van der Waals surface area contributed by atoms with Crippen molar-refractivity contribution >= 4 is 10.9 Å². The van der Waals surface area contributed by atoms with E-state index in [1.165, 1.54) is 0 Å². The van der Waals surface area contributed by atoms with Gasteiger partial charge >= 0.3 is 0 Å². The topological polar surface area (TPSA) is 57.1 Å². The molecule has 5 heteroatoms. The minimum atomic E-state index is 0.494. The number of ether oxygens (including phenoxy) is 2. The van der Waals surface area contributed by atoms with Crippen molar-refractivity contribution in [3.8, 4) is 28.6 Å². The molecule has 0 saturated carbocycles. The summed E-state index contributed by atoms with van der Waals surface area (Å²) in [4.78, 5) is 13.7. The predicted molar refractivity (Wildman–Crippen MR) is 130 cm³/mol. The third-order valence-corrected chi connectivity index (χ3v) is 5.48. The van der Waals surface area contributed by atoms with Crippen LogP contribution in [0.3, 0.4) is 0 Å². The zero-order valence-corrected chi connectivity index (χ0v) is 18.5. The van der Waals surface area contributed by atoms with Crippen LogP contribution in [0, 0.1) is 13.8 Å². The zero-order valence-electron chi connectivity index (χ0n) is 18.5. The number of hydrogen-bond donors (Lipinski definition) is 0. The second kappa shape index (κ2) is 9.09. The van der Waals surface area contributed by atoms with Gasteiger partial charge in [-0.15, -0.1) is 0 Å². The highest BCUT2D eigenvalue weighted by atomic mass is 16.5. The van der Waals surface area contributed by atoms with Gasteiger partial charge < -0.3 is 9.47 Å². The predicted octanol–water partition coefficient (Wildman–Crippen LogP) is 6.68. The molecule has 0 fully saturated rings. The third-order valence-electron chi connectivity index (χ3n) is 5.48. The van der Waals surface area contributed by atoms with Gasteiger partial charge in [-0.1, -0.05) is 36.4 Å². The van der Waals surface area contributed by atoms with Gasteiger partial charge in [0, 0.05) is 23.5 Å². The summed E-state index contributed by atoms with van der Waals surface area (Å²) in [5, 5.41) is 0.869. The van der Waals surface area contributed by atoms with Crippen molar-refractivity contribution in [3.63, 3.8) is 0 Å². The molecule has 0 aliphatic carbocycles. The molecule has 0 amide bonds. The van der Waals surface area contributed by atoms with Crippen LogP contribution in [-0.4, -0.2) is 15.0 Å². The van der Waals surface area contributed by atoms with E-state index in [1.807, 2.05) is 92.7 Å². The number of fused-ring (bicyclic) bond motifs is 1. The van der Waals surface area contributed by atoms with Crippen LogP contribution in [0.15, 0.2) is 91.3 Å². The summed E-state index contributed by atoms with van der Waals surface area (Å²) in [5.41, 5.74) is 5.41. The van der Waals surface area contributed by atoms with E-state index in [0.717, 1.165) is 39.2 Å². The van der Waals surface area contributed by atoms with Crippen LogP contribution >= 0.6 is 0 Å². The second-order valence-electron chi connectivity index (χ2n) is 7.82. The summed E-state index contributed by atoms with van der Waals surface area (Å²) in [5.74, 6) is 2.10. The quantitative estimate of drug-likeness (QED) is 0.299. The van der Waals surface area contributed by atoms with Crippen molar-refractivity contribution in [2.45, 2.75) is 20.5 Å². The Hall–Kier alpha value is -4.25. The van der Waals surface area contributed by atoms with E-state index >= 15 is 0 Å². The van der Waals surface area contributed by atoms with Crippen LogP contribution in [0.4, 0.5) is 0 Å². The largest absolute Gasteiger partial charge is 0.489 e. The van der Waals surface area contributed by atoms with E-state index in [1.54, 1.807) is 12.4 Å². The molecular formula is C28H23N3O2. The number of hydrogen-bond acceptors (Lipinski definition) is 5. The van der Waals surface area contributed by atoms with Crippen LogP contribution in [0.25, 0.3) is 22.3 Å². The lowest BCUT2D eigenvalue weighted by Crippen LogP contribution is -1.98. The highest BCUT2D eigenvalue weighted by molar-refractivity contribution is 5.86. The summed E-state index contributed by atoms with van der Waals surface area (Å²) < 4.78 is 12.5. The first-order valence-electron chi connectivity index (χ1n) is 10.8. The fourth-order valence-corrected chi connectivity index (χ4v) is 3.58. The molecule has 0 N–H and O–H groups in total. The van der Waals surface area contributed by atoms with Gasteiger partial charge in [-0.25, -0.2) is 4.98 Å². The Labute approximate surface area is 192 Å². The summed E-state index contributed by atoms with van der Waals surface area (Å²) in [7, 11) is 0. The van der Waals surface area contributed by atoms with E-state index < -0.39 is 0 Å². The molecule has 0 spiro atoms. The third kappa shape index (κ3) is 4.53. The number of rotatable bonds is 6. The first-order chi connectivity index (χ1) is 16.2. The normalized spacial score (nSPS) is 10.8. The smallest absolute Gasteiger partial charge is 0.155 e. The number of pyridine rings is 3. The molecule has 5 rings (SSSR count). The Bertz CT molecular complexity index is 1400. The van der Waals surface area contributed by atoms with Gasteiger partial charge in [-0.3, -0.25) is 9.97 Å². The molecular weight excluding hydrogens is 410 g/mol. The van der Waals surface area contributed by atoms with Crippen molar-refractivity contribution in [2.24, 2.45) is 0 Å². The first kappa shape index (κ1) is 20.6. The van der Waals surface area contributed by atoms with Crippen LogP contribution < -0.4 is 9.47 Å². The van der Waals surface area contributed by atoms with E-state index in [0.29, 0.717) is 23.8 Å². The monoisotopic (exact) mass is 433 g/mol. The Morgan fingerprint density at radius 1 is 0.758 bits per heavy atom. The standard InChI is InChI=1S/C28H23N3O2/c1-19-16-27(28(31-20(19)2)25-10-6-7-14-29-25)33-26-13-15-30-24-12-11-22(17-23(24)26)32-18-21-8-4-3-5-9-21/h3-17H,18H2,1-2H3. The molecule has 3 heterocycles. The Morgan fingerprint density at radius 3 is 2.42 bits per heavy atom. The van der Waals surface area contributed by atoms with Crippen molar-refractivity contribution in [1.82, 2.24) is 15.0 Å². The Balaban J connectivity index is 1.51. The molecule has 162 valence electrons. The summed E-state index contributed by atoms with van der Waals surface area (Å²) in [6, 6.07) is 25.6. The second-order valence-corrected chi connectivity index (χ2v) is 7.82. The summed E-state index contributed by atoms with van der Waals surface area (Å²) in [6.45, 7) is 4.51. The van der Waals surface area contributed by atoms with Crippen molar-refractivity contribution in [2.75, 3.05) is 0 Å². The Morgan fingerprint density at radius 2 is 1.61 bits per heavy atom. The molecule has 0 aliphatic heterocycles. The molecule has 0 atom stereocenters. The molecule has 2 aromatic carbocycles. The molecule has 5 nitrogen and oxygen atoms in total. The van der Waals surface area contributed by atoms with Crippen LogP contribution in [-0.2, 0) is 6.61 Å². The van der Waals surface area contributed by atoms with E-state index in [9.17, 15) is 0 Å². The molecule has 33 heavy (non-hydrogen) atoms. The highest BCUT2D eigenvalue weighted by Crippen LogP contribution is 2.36. The van der Waals surface area contributed by atoms with Crippen molar-refractivity contribution < 1.29 is 9.47 Å². The van der Waals surface area contributed by atoms with Crippen molar-refractivity contribution in [1.29, 1.82) is 0 Å². The average molecular weight is 434 g/mol. The Kier molecular flexibility index (Phi) is 5.68. The molecule has 0 radical (unpaired) electrons. The van der Waals surface area contributed by atoms with Crippen molar-refractivity contribution in [3.05, 3.63) is 108 Å². The lowest BCUT2D eigenvalue weighted by molar-refractivity contribution is 0.306. The summed E-state index contributed by atoms with van der Waals surface area (Å²) in [6.07, 6.45) is 3.51. The minimum absolute atomic E-state index is 0.494. The average Bonchev–Trinajstić information content (AvgIpc) is 2.86. The van der Waals surface area contributed by atoms with Gasteiger partial charge in [0.15, 0.2) is 5.75 Å². The lowest BCUT2D eigenvalue weighted by atomic mass is 10.1. The van der Waals surface area contributed by atoms with E-state index in [4.69, 9.17) is 14.5 Å². The number of benzene rings is 2. The van der Waals surface area contributed by atoms with Gasteiger partial charge in [0.05, 0.1) is 11.2 Å². The fraction of sp³-hybridized carbons (Fsp3) is 0.107. The van der Waals surface area contributed by atoms with Gasteiger partial charge in [-0.2, -0.15) is 0 Å². The highest BCUT2D eigenvalue weighted by Gasteiger charge is 2.15. The number of aryl methyl sites for hydroxylation is 2. The van der Waals surface area contributed by atoms with Gasteiger partial charge in [0.25, 0.3) is 0 Å². The van der Waals surface area contributed by atoms with Crippen LogP contribution in [0.5, 0.6) is 17.2 Å². The fourth-order valence-electron chi connectivity index (χ4n) is 3.58. The molecule has 0 saturated heterocycles. The minimum Gasteiger partial charge on any atom is -0.489 e. The maximum Gasteiger partial charge on any atom is 0.155 e. The molecule has 3 aromatic heterocycles. The van der Waals surface area contributed by atoms with Crippen LogP contribution in [0.1, 0.15) is 16.8 Å². The van der Waals surface area contributed by atoms with E-state index in [2.05, 4.69) is 9.97 Å². The maximum atomic E-state index is 6.43.